The van der Waals surface area contributed by atoms with E-state index in [4.69, 9.17) is 28.2 Å². The highest BCUT2D eigenvalue weighted by Gasteiger charge is 2.20. The molecule has 0 saturated carbocycles. The maximum atomic E-state index is 6.54. The van der Waals surface area contributed by atoms with Crippen LogP contribution in [0.1, 0.15) is 62.1 Å². The average Bonchev–Trinajstić information content (AvgIpc) is 2.96. The summed E-state index contributed by atoms with van der Waals surface area (Å²) in [4.78, 5) is 4.86. The van der Waals surface area contributed by atoms with Gasteiger partial charge in [-0.3, -0.25) is 0 Å². The van der Waals surface area contributed by atoms with E-state index in [9.17, 15) is 0 Å². The zero-order valence-corrected chi connectivity index (χ0v) is 18.9. The van der Waals surface area contributed by atoms with Crippen LogP contribution in [0, 0.1) is 13.8 Å². The fourth-order valence-electron chi connectivity index (χ4n) is 4.13. The summed E-state index contributed by atoms with van der Waals surface area (Å²) in [5, 5.41) is 4.96. The van der Waals surface area contributed by atoms with Crippen molar-refractivity contribution in [2.45, 2.75) is 59.3 Å². The van der Waals surface area contributed by atoms with Crippen LogP contribution in [0.25, 0.3) is 11.0 Å². The van der Waals surface area contributed by atoms with Crippen LogP contribution in [-0.4, -0.2) is 9.55 Å². The Kier molecular flexibility index (Phi) is 6.57. The molecular formula is C23H29Cl2N3. The van der Waals surface area contributed by atoms with E-state index in [1.807, 2.05) is 18.2 Å². The Morgan fingerprint density at radius 3 is 2.21 bits per heavy atom. The predicted octanol–water partition coefficient (Wildman–Crippen LogP) is 7.92. The number of halogens is 2. The number of nitrogens with one attached hydrogen (secondary N) is 1. The lowest BCUT2D eigenvalue weighted by atomic mass is 9.89. The van der Waals surface area contributed by atoms with Crippen LogP contribution >= 0.6 is 23.2 Å². The highest BCUT2D eigenvalue weighted by molar-refractivity contribution is 6.35. The van der Waals surface area contributed by atoms with Gasteiger partial charge in [0.25, 0.3) is 0 Å². The average molecular weight is 418 g/mol. The second-order valence-electron chi connectivity index (χ2n) is 7.64. The second kappa shape index (κ2) is 8.75. The topological polar surface area (TPSA) is 29.9 Å². The van der Waals surface area contributed by atoms with Crippen molar-refractivity contribution in [2.75, 3.05) is 5.32 Å². The normalized spacial score (nSPS) is 11.6. The first kappa shape index (κ1) is 21.0. The maximum Gasteiger partial charge on any atom is 0.208 e. The van der Waals surface area contributed by atoms with Crippen molar-refractivity contribution < 1.29 is 0 Å². The monoisotopic (exact) mass is 417 g/mol. The third-order valence-corrected chi connectivity index (χ3v) is 5.98. The van der Waals surface area contributed by atoms with Gasteiger partial charge >= 0.3 is 0 Å². The molecule has 0 bridgehead atoms. The van der Waals surface area contributed by atoms with Crippen LogP contribution in [0.5, 0.6) is 0 Å². The number of nitrogens with zero attached hydrogens (tertiary/aromatic N) is 2. The molecule has 150 valence electrons. The van der Waals surface area contributed by atoms with Crippen molar-refractivity contribution >= 4 is 45.9 Å². The van der Waals surface area contributed by atoms with Crippen LogP contribution in [0.2, 0.25) is 10.0 Å². The Hall–Kier alpha value is -1.71. The van der Waals surface area contributed by atoms with E-state index in [0.717, 1.165) is 38.8 Å². The minimum atomic E-state index is 0.525. The fourth-order valence-corrected chi connectivity index (χ4v) is 4.65. The van der Waals surface area contributed by atoms with Crippen molar-refractivity contribution in [3.8, 4) is 0 Å². The molecule has 0 amide bonds. The third-order valence-electron chi connectivity index (χ3n) is 5.45. The molecule has 3 nitrogen and oxygen atoms in total. The van der Waals surface area contributed by atoms with Gasteiger partial charge in [0.2, 0.25) is 5.95 Å². The molecule has 1 N–H and O–H groups in total. The van der Waals surface area contributed by atoms with E-state index in [1.54, 1.807) is 0 Å². The van der Waals surface area contributed by atoms with Crippen LogP contribution in [0.3, 0.4) is 0 Å². The minimum Gasteiger partial charge on any atom is -0.325 e. The smallest absolute Gasteiger partial charge is 0.208 e. The first-order chi connectivity index (χ1) is 13.4. The van der Waals surface area contributed by atoms with E-state index in [-0.39, 0.29) is 0 Å². The summed E-state index contributed by atoms with van der Waals surface area (Å²) in [7, 11) is 2.06. The van der Waals surface area contributed by atoms with Gasteiger partial charge in [-0.15, -0.1) is 0 Å². The number of aromatic nitrogens is 2. The highest BCUT2D eigenvalue weighted by atomic mass is 35.5. The molecule has 0 fully saturated rings. The lowest BCUT2D eigenvalue weighted by Crippen LogP contribution is -2.05. The summed E-state index contributed by atoms with van der Waals surface area (Å²) in [5.74, 6) is 1.32. The van der Waals surface area contributed by atoms with Gasteiger partial charge in [0, 0.05) is 17.8 Å². The van der Waals surface area contributed by atoms with Crippen molar-refractivity contribution in [3.63, 3.8) is 0 Å². The summed E-state index contributed by atoms with van der Waals surface area (Å²) in [5.41, 5.74) is 6.57. The number of anilines is 2. The molecule has 3 rings (SSSR count). The zero-order valence-electron chi connectivity index (χ0n) is 17.4. The van der Waals surface area contributed by atoms with Gasteiger partial charge in [0.15, 0.2) is 0 Å². The second-order valence-corrected chi connectivity index (χ2v) is 8.49. The standard InChI is InChI=1S/C23H29Cl2N3/c1-6-8-16(9-7-2)18-10-11-19(25)21-22(18)28(5)23(27-21)26-20-14(3)12-17(24)13-15(20)4/h10-13,16H,6-9H2,1-5H3,(H,26,27). The van der Waals surface area contributed by atoms with E-state index < -0.39 is 0 Å². The molecular weight excluding hydrogens is 389 g/mol. The van der Waals surface area contributed by atoms with Gasteiger partial charge in [-0.25, -0.2) is 4.98 Å². The van der Waals surface area contributed by atoms with Crippen molar-refractivity contribution in [2.24, 2.45) is 7.05 Å². The molecule has 0 aliphatic rings. The molecule has 0 atom stereocenters. The molecule has 1 heterocycles. The number of hydrogen-bond acceptors (Lipinski definition) is 2. The van der Waals surface area contributed by atoms with E-state index >= 15 is 0 Å². The van der Waals surface area contributed by atoms with Crippen molar-refractivity contribution in [1.29, 1.82) is 0 Å². The fraction of sp³-hybridized carbons (Fsp3) is 0.435. The summed E-state index contributed by atoms with van der Waals surface area (Å²) in [6.45, 7) is 8.61. The summed E-state index contributed by atoms with van der Waals surface area (Å²) in [6.07, 6.45) is 4.68. The SMILES string of the molecule is CCCC(CCC)c1ccc(Cl)c2nc(Nc3c(C)cc(Cl)cc3C)n(C)c12. The Morgan fingerprint density at radius 2 is 1.64 bits per heavy atom. The molecule has 0 saturated heterocycles. The van der Waals surface area contributed by atoms with Gasteiger partial charge in [-0.1, -0.05) is 56.0 Å². The summed E-state index contributed by atoms with van der Waals surface area (Å²) < 4.78 is 2.14. The van der Waals surface area contributed by atoms with E-state index in [0.29, 0.717) is 10.9 Å². The molecule has 5 heteroatoms. The maximum absolute atomic E-state index is 6.54. The number of fused-ring (bicyclic) bond motifs is 1. The van der Waals surface area contributed by atoms with Crippen LogP contribution < -0.4 is 5.32 Å². The highest BCUT2D eigenvalue weighted by Crippen LogP contribution is 2.37. The largest absolute Gasteiger partial charge is 0.325 e. The lowest BCUT2D eigenvalue weighted by molar-refractivity contribution is 0.562. The number of imidazole rings is 1. The number of rotatable bonds is 7. The van der Waals surface area contributed by atoms with Gasteiger partial charge in [0.05, 0.1) is 10.5 Å². The molecule has 0 spiro atoms. The summed E-state index contributed by atoms with van der Waals surface area (Å²) in [6, 6.07) is 8.12. The van der Waals surface area contributed by atoms with E-state index in [1.165, 1.54) is 31.2 Å². The predicted molar refractivity (Wildman–Crippen MR) is 122 cm³/mol. The Morgan fingerprint density at radius 1 is 1.04 bits per heavy atom. The van der Waals surface area contributed by atoms with Crippen LogP contribution in [-0.2, 0) is 7.05 Å². The Bertz CT molecular complexity index is 962. The van der Waals surface area contributed by atoms with Crippen LogP contribution in [0.4, 0.5) is 11.6 Å². The van der Waals surface area contributed by atoms with E-state index in [2.05, 4.69) is 50.7 Å². The molecule has 2 aromatic carbocycles. The minimum absolute atomic E-state index is 0.525. The molecule has 0 unspecified atom stereocenters. The van der Waals surface area contributed by atoms with Crippen molar-refractivity contribution in [1.82, 2.24) is 9.55 Å². The Balaban J connectivity index is 2.13. The van der Waals surface area contributed by atoms with Gasteiger partial charge < -0.3 is 9.88 Å². The van der Waals surface area contributed by atoms with Crippen molar-refractivity contribution in [3.05, 3.63) is 51.0 Å². The van der Waals surface area contributed by atoms with Crippen LogP contribution in [0.15, 0.2) is 24.3 Å². The van der Waals surface area contributed by atoms with Gasteiger partial charge in [-0.2, -0.15) is 0 Å². The third kappa shape index (κ3) is 4.01. The Labute approximate surface area is 178 Å². The summed E-state index contributed by atoms with van der Waals surface area (Å²) >= 11 is 12.7. The first-order valence-corrected chi connectivity index (χ1v) is 10.8. The van der Waals surface area contributed by atoms with Gasteiger partial charge in [-0.05, 0) is 67.5 Å². The zero-order chi connectivity index (χ0) is 20.4. The molecule has 0 aliphatic carbocycles. The lowest BCUT2D eigenvalue weighted by Gasteiger charge is -2.18. The molecule has 3 aromatic rings. The molecule has 28 heavy (non-hydrogen) atoms. The number of hydrogen-bond donors (Lipinski definition) is 1. The molecule has 1 aromatic heterocycles. The first-order valence-electron chi connectivity index (χ1n) is 10.1. The molecule has 0 aliphatic heterocycles. The quantitative estimate of drug-likeness (QED) is 0.422. The number of aryl methyl sites for hydroxylation is 3. The molecule has 0 radical (unpaired) electrons. The number of benzene rings is 2. The van der Waals surface area contributed by atoms with Gasteiger partial charge in [0.1, 0.15) is 5.52 Å².